The Balaban J connectivity index is 3.69. The maximum atomic E-state index is 11.3. The first kappa shape index (κ1) is 13.3. The minimum absolute atomic E-state index is 0.133. The molecule has 0 saturated carbocycles. The van der Waals surface area contributed by atoms with E-state index in [0.717, 1.165) is 12.8 Å². The number of carbonyl (C=O) groups excluding carboxylic acids is 1. The summed E-state index contributed by atoms with van der Waals surface area (Å²) in [7, 11) is 2.91. The predicted octanol–water partition coefficient (Wildman–Crippen LogP) is 2.31. The van der Waals surface area contributed by atoms with Crippen molar-refractivity contribution >= 4 is 5.78 Å². The Morgan fingerprint density at radius 1 is 1.29 bits per heavy atom. The van der Waals surface area contributed by atoms with Crippen molar-refractivity contribution in [2.75, 3.05) is 14.2 Å². The molecule has 0 aromatic heterocycles. The summed E-state index contributed by atoms with van der Waals surface area (Å²) in [6, 6.07) is 0. The molecule has 0 aliphatic heterocycles. The van der Waals surface area contributed by atoms with E-state index in [9.17, 15) is 4.79 Å². The number of unbranched alkanes of at least 4 members (excludes halogenated alkanes) is 3. The number of ether oxygens (including phenoxy) is 2. The third-order valence-corrected chi connectivity index (χ3v) is 1.92. The Bertz CT molecular complexity index is 171. The number of hydrogen-bond acceptors (Lipinski definition) is 3. The van der Waals surface area contributed by atoms with Gasteiger partial charge in [-0.1, -0.05) is 25.8 Å². The highest BCUT2D eigenvalue weighted by Crippen LogP contribution is 2.01. The molecule has 0 N–H and O–H groups in total. The van der Waals surface area contributed by atoms with Crippen molar-refractivity contribution in [2.24, 2.45) is 0 Å². The average Bonchev–Trinajstić information content (AvgIpc) is 2.19. The van der Waals surface area contributed by atoms with Gasteiger partial charge in [-0.05, 0) is 18.9 Å². The Hall–Kier alpha value is -0.670. The van der Waals surface area contributed by atoms with Gasteiger partial charge >= 0.3 is 0 Å². The molecule has 0 radical (unpaired) electrons. The van der Waals surface area contributed by atoms with E-state index in [4.69, 9.17) is 9.47 Å². The first-order valence-electron chi connectivity index (χ1n) is 5.02. The van der Waals surface area contributed by atoms with E-state index in [1.807, 2.05) is 6.08 Å². The highest BCUT2D eigenvalue weighted by molar-refractivity contribution is 5.92. The molecule has 0 heterocycles. The van der Waals surface area contributed by atoms with Crippen molar-refractivity contribution < 1.29 is 14.3 Å². The van der Waals surface area contributed by atoms with Gasteiger partial charge in [-0.15, -0.1) is 0 Å². The molecular formula is C11H20O3. The van der Waals surface area contributed by atoms with E-state index in [-0.39, 0.29) is 5.78 Å². The summed E-state index contributed by atoms with van der Waals surface area (Å²) in [5, 5.41) is 0. The van der Waals surface area contributed by atoms with Crippen LogP contribution in [0.15, 0.2) is 12.2 Å². The van der Waals surface area contributed by atoms with Gasteiger partial charge in [0.1, 0.15) is 0 Å². The maximum Gasteiger partial charge on any atom is 0.221 e. The van der Waals surface area contributed by atoms with Crippen LogP contribution in [0.1, 0.15) is 32.6 Å². The number of allylic oxidation sites excluding steroid dienone is 1. The Morgan fingerprint density at radius 3 is 2.43 bits per heavy atom. The van der Waals surface area contributed by atoms with E-state index in [1.165, 1.54) is 33.1 Å². The normalized spacial score (nSPS) is 11.4. The van der Waals surface area contributed by atoms with Crippen LogP contribution in [0.2, 0.25) is 0 Å². The quantitative estimate of drug-likeness (QED) is 0.342. The molecular weight excluding hydrogens is 180 g/mol. The van der Waals surface area contributed by atoms with Crippen molar-refractivity contribution in [3.8, 4) is 0 Å². The standard InChI is InChI=1S/C11H20O3/c1-4-5-6-7-8-9-10(12)11(13-2)14-3/h8-9,11H,4-7H2,1-3H3. The van der Waals surface area contributed by atoms with Crippen LogP contribution in [-0.2, 0) is 14.3 Å². The fourth-order valence-corrected chi connectivity index (χ4v) is 1.12. The van der Waals surface area contributed by atoms with Gasteiger partial charge in [-0.3, -0.25) is 4.79 Å². The van der Waals surface area contributed by atoms with Crippen molar-refractivity contribution in [1.82, 2.24) is 0 Å². The SMILES string of the molecule is CCCCCC=CC(=O)C(OC)OC. The molecule has 0 fully saturated rings. The Labute approximate surface area is 86.1 Å². The molecule has 0 atom stereocenters. The third-order valence-electron chi connectivity index (χ3n) is 1.92. The van der Waals surface area contributed by atoms with Crippen LogP contribution in [0.3, 0.4) is 0 Å². The predicted molar refractivity (Wildman–Crippen MR) is 56.1 cm³/mol. The highest BCUT2D eigenvalue weighted by Gasteiger charge is 2.12. The van der Waals surface area contributed by atoms with Gasteiger partial charge in [0.15, 0.2) is 0 Å². The lowest BCUT2D eigenvalue weighted by Crippen LogP contribution is -2.22. The molecule has 0 rings (SSSR count). The van der Waals surface area contributed by atoms with Gasteiger partial charge in [-0.2, -0.15) is 0 Å². The highest BCUT2D eigenvalue weighted by atomic mass is 16.7. The smallest absolute Gasteiger partial charge is 0.221 e. The minimum atomic E-state index is -0.752. The van der Waals surface area contributed by atoms with Crippen LogP contribution in [-0.4, -0.2) is 26.3 Å². The van der Waals surface area contributed by atoms with Gasteiger partial charge in [0.2, 0.25) is 12.1 Å². The van der Waals surface area contributed by atoms with Crippen molar-refractivity contribution in [2.45, 2.75) is 38.9 Å². The zero-order valence-electron chi connectivity index (χ0n) is 9.29. The van der Waals surface area contributed by atoms with Gasteiger partial charge in [-0.25, -0.2) is 0 Å². The summed E-state index contributed by atoms with van der Waals surface area (Å²) >= 11 is 0. The second kappa shape index (κ2) is 8.91. The Kier molecular flexibility index (Phi) is 8.48. The second-order valence-corrected chi connectivity index (χ2v) is 3.10. The number of ketones is 1. The van der Waals surface area contributed by atoms with Crippen molar-refractivity contribution in [3.63, 3.8) is 0 Å². The molecule has 14 heavy (non-hydrogen) atoms. The van der Waals surface area contributed by atoms with Crippen LogP contribution in [0, 0.1) is 0 Å². The molecule has 0 bridgehead atoms. The lowest BCUT2D eigenvalue weighted by molar-refractivity contribution is -0.151. The first-order valence-corrected chi connectivity index (χ1v) is 5.02. The molecule has 0 spiro atoms. The summed E-state index contributed by atoms with van der Waals surface area (Å²) in [5.74, 6) is -0.133. The largest absolute Gasteiger partial charge is 0.349 e. The van der Waals surface area contributed by atoms with E-state index in [1.54, 1.807) is 0 Å². The first-order chi connectivity index (χ1) is 6.76. The monoisotopic (exact) mass is 200 g/mol. The summed E-state index contributed by atoms with van der Waals surface area (Å²) in [4.78, 5) is 11.3. The molecule has 0 amide bonds. The molecule has 0 aromatic rings. The van der Waals surface area contributed by atoms with Gasteiger partial charge in [0, 0.05) is 14.2 Å². The summed E-state index contributed by atoms with van der Waals surface area (Å²) < 4.78 is 9.63. The average molecular weight is 200 g/mol. The number of methoxy groups -OCH3 is 2. The molecule has 3 heteroatoms. The zero-order chi connectivity index (χ0) is 10.8. The Morgan fingerprint density at radius 2 is 1.93 bits per heavy atom. The lowest BCUT2D eigenvalue weighted by atomic mass is 10.2. The van der Waals surface area contributed by atoms with Crippen molar-refractivity contribution in [1.29, 1.82) is 0 Å². The third kappa shape index (κ3) is 5.89. The van der Waals surface area contributed by atoms with E-state index >= 15 is 0 Å². The van der Waals surface area contributed by atoms with Crippen LogP contribution in [0.4, 0.5) is 0 Å². The minimum Gasteiger partial charge on any atom is -0.349 e. The molecule has 0 aliphatic carbocycles. The molecule has 3 nitrogen and oxygen atoms in total. The molecule has 0 aromatic carbocycles. The fourth-order valence-electron chi connectivity index (χ4n) is 1.12. The van der Waals surface area contributed by atoms with Crippen LogP contribution in [0.25, 0.3) is 0 Å². The molecule has 0 aliphatic rings. The molecule has 0 saturated heterocycles. The fraction of sp³-hybridized carbons (Fsp3) is 0.727. The van der Waals surface area contributed by atoms with E-state index in [2.05, 4.69) is 6.92 Å². The van der Waals surface area contributed by atoms with Gasteiger partial charge < -0.3 is 9.47 Å². The van der Waals surface area contributed by atoms with Gasteiger partial charge in [0.25, 0.3) is 0 Å². The van der Waals surface area contributed by atoms with E-state index < -0.39 is 6.29 Å². The van der Waals surface area contributed by atoms with Crippen LogP contribution in [0.5, 0.6) is 0 Å². The van der Waals surface area contributed by atoms with Crippen molar-refractivity contribution in [3.05, 3.63) is 12.2 Å². The topological polar surface area (TPSA) is 35.5 Å². The maximum absolute atomic E-state index is 11.3. The number of rotatable bonds is 8. The summed E-state index contributed by atoms with van der Waals surface area (Å²) in [6.45, 7) is 2.15. The zero-order valence-corrected chi connectivity index (χ0v) is 9.29. The summed E-state index contributed by atoms with van der Waals surface area (Å²) in [5.41, 5.74) is 0. The lowest BCUT2D eigenvalue weighted by Gasteiger charge is -2.08. The second-order valence-electron chi connectivity index (χ2n) is 3.10. The van der Waals surface area contributed by atoms with Crippen LogP contribution < -0.4 is 0 Å². The molecule has 82 valence electrons. The number of carbonyl (C=O) groups is 1. The molecule has 0 unspecified atom stereocenters. The number of hydrogen-bond donors (Lipinski definition) is 0. The van der Waals surface area contributed by atoms with Gasteiger partial charge in [0.05, 0.1) is 0 Å². The summed E-state index contributed by atoms with van der Waals surface area (Å²) in [6.07, 6.45) is 7.13. The van der Waals surface area contributed by atoms with E-state index in [0.29, 0.717) is 0 Å². The van der Waals surface area contributed by atoms with Crippen LogP contribution >= 0.6 is 0 Å².